The van der Waals surface area contributed by atoms with Crippen LogP contribution in [0.4, 0.5) is 4.39 Å². The zero-order valence-corrected chi connectivity index (χ0v) is 9.12. The van der Waals surface area contributed by atoms with Gasteiger partial charge in [-0.3, -0.25) is 0 Å². The molecule has 1 fully saturated rings. The van der Waals surface area contributed by atoms with E-state index in [4.69, 9.17) is 0 Å². The number of aryl methyl sites for hydroxylation is 1. The topological polar surface area (TPSA) is 29.9 Å². The first-order valence-corrected chi connectivity index (χ1v) is 5.58. The second kappa shape index (κ2) is 4.75. The van der Waals surface area contributed by atoms with Gasteiger partial charge in [-0.25, -0.2) is 9.37 Å². The third-order valence-electron chi connectivity index (χ3n) is 3.19. The molecule has 1 aliphatic heterocycles. The van der Waals surface area contributed by atoms with Gasteiger partial charge < -0.3 is 9.88 Å². The first-order chi connectivity index (χ1) is 7.27. The van der Waals surface area contributed by atoms with Crippen molar-refractivity contribution < 1.29 is 4.39 Å². The molecule has 1 aromatic heterocycles. The summed E-state index contributed by atoms with van der Waals surface area (Å²) in [5.74, 6) is 1.06. The fourth-order valence-corrected chi connectivity index (χ4v) is 2.14. The van der Waals surface area contributed by atoms with Gasteiger partial charge >= 0.3 is 0 Å². The van der Waals surface area contributed by atoms with E-state index < -0.39 is 6.17 Å². The summed E-state index contributed by atoms with van der Waals surface area (Å²) in [7, 11) is 1.91. The van der Waals surface area contributed by atoms with Crippen molar-refractivity contribution >= 4 is 0 Å². The van der Waals surface area contributed by atoms with Crippen LogP contribution in [0.5, 0.6) is 0 Å². The number of nitrogens with zero attached hydrogens (tertiary/aromatic N) is 2. The minimum Gasteiger partial charge on any atom is -0.338 e. The molecule has 0 saturated carbocycles. The molecular formula is C11H18FN3. The molecule has 2 rings (SSSR count). The lowest BCUT2D eigenvalue weighted by Gasteiger charge is -2.25. The smallest absolute Gasteiger partial charge is 0.111 e. The van der Waals surface area contributed by atoms with Crippen LogP contribution in [-0.4, -0.2) is 28.8 Å². The van der Waals surface area contributed by atoms with E-state index >= 15 is 0 Å². The summed E-state index contributed by atoms with van der Waals surface area (Å²) >= 11 is 0. The average Bonchev–Trinajstić information content (AvgIpc) is 2.66. The highest BCUT2D eigenvalue weighted by atomic mass is 19.1. The Morgan fingerprint density at radius 3 is 2.93 bits per heavy atom. The number of hydrogen-bond acceptors (Lipinski definition) is 2. The molecule has 1 unspecified atom stereocenters. The predicted octanol–water partition coefficient (Wildman–Crippen LogP) is 1.30. The van der Waals surface area contributed by atoms with E-state index in [2.05, 4.69) is 10.3 Å². The Kier molecular flexibility index (Phi) is 3.36. The number of rotatable bonds is 3. The standard InChI is InChI=1S/C11H18FN3/c1-15-7-6-14-11(15)8-10(12)9-2-4-13-5-3-9/h6-7,9-10,13H,2-5,8H2,1H3. The normalized spacial score (nSPS) is 20.4. The van der Waals surface area contributed by atoms with E-state index in [0.29, 0.717) is 6.42 Å². The molecule has 1 N–H and O–H groups in total. The highest BCUT2D eigenvalue weighted by Crippen LogP contribution is 2.21. The van der Waals surface area contributed by atoms with Crippen molar-refractivity contribution in [1.82, 2.24) is 14.9 Å². The van der Waals surface area contributed by atoms with Gasteiger partial charge in [-0.05, 0) is 31.8 Å². The van der Waals surface area contributed by atoms with Gasteiger partial charge in [0.1, 0.15) is 12.0 Å². The highest BCUT2D eigenvalue weighted by Gasteiger charge is 2.24. The van der Waals surface area contributed by atoms with Gasteiger partial charge in [0.25, 0.3) is 0 Å². The third-order valence-corrected chi connectivity index (χ3v) is 3.19. The van der Waals surface area contributed by atoms with Gasteiger partial charge in [-0.2, -0.15) is 0 Å². The quantitative estimate of drug-likeness (QED) is 0.816. The number of halogens is 1. The van der Waals surface area contributed by atoms with Crippen LogP contribution >= 0.6 is 0 Å². The fourth-order valence-electron chi connectivity index (χ4n) is 2.14. The molecule has 0 radical (unpaired) electrons. The SMILES string of the molecule is Cn1ccnc1CC(F)C1CCNCC1. The molecule has 0 aliphatic carbocycles. The summed E-state index contributed by atoms with van der Waals surface area (Å²) in [5, 5.41) is 3.25. The average molecular weight is 211 g/mol. The zero-order valence-electron chi connectivity index (χ0n) is 9.12. The lowest BCUT2D eigenvalue weighted by molar-refractivity contribution is 0.184. The van der Waals surface area contributed by atoms with Crippen LogP contribution in [0.15, 0.2) is 12.4 Å². The van der Waals surface area contributed by atoms with Crippen molar-refractivity contribution in [3.63, 3.8) is 0 Å². The largest absolute Gasteiger partial charge is 0.338 e. The molecule has 3 nitrogen and oxygen atoms in total. The lowest BCUT2D eigenvalue weighted by Crippen LogP contribution is -2.33. The molecule has 1 aromatic rings. The maximum atomic E-state index is 14.0. The summed E-state index contributed by atoms with van der Waals surface area (Å²) in [6.07, 6.45) is 5.20. The summed E-state index contributed by atoms with van der Waals surface area (Å²) in [5.41, 5.74) is 0. The maximum absolute atomic E-state index is 14.0. The Hall–Kier alpha value is -0.900. The summed E-state index contributed by atoms with van der Waals surface area (Å²) in [4.78, 5) is 4.16. The number of hydrogen-bond donors (Lipinski definition) is 1. The number of alkyl halides is 1. The van der Waals surface area contributed by atoms with Gasteiger partial charge in [-0.15, -0.1) is 0 Å². The van der Waals surface area contributed by atoms with Crippen molar-refractivity contribution in [2.45, 2.75) is 25.4 Å². The van der Waals surface area contributed by atoms with Gasteiger partial charge in [0.15, 0.2) is 0 Å². The molecule has 4 heteroatoms. The van der Waals surface area contributed by atoms with Crippen molar-refractivity contribution in [1.29, 1.82) is 0 Å². The van der Waals surface area contributed by atoms with E-state index in [-0.39, 0.29) is 5.92 Å². The molecule has 0 amide bonds. The second-order valence-corrected chi connectivity index (χ2v) is 4.26. The fraction of sp³-hybridized carbons (Fsp3) is 0.727. The van der Waals surface area contributed by atoms with Gasteiger partial charge in [0.05, 0.1) is 0 Å². The number of imidazole rings is 1. The van der Waals surface area contributed by atoms with Gasteiger partial charge in [-0.1, -0.05) is 0 Å². The Morgan fingerprint density at radius 2 is 2.33 bits per heavy atom. The molecule has 2 heterocycles. The molecular weight excluding hydrogens is 193 g/mol. The second-order valence-electron chi connectivity index (χ2n) is 4.26. The molecule has 15 heavy (non-hydrogen) atoms. The molecule has 0 bridgehead atoms. The van der Waals surface area contributed by atoms with E-state index in [0.717, 1.165) is 31.8 Å². The molecule has 1 saturated heterocycles. The predicted molar refractivity (Wildman–Crippen MR) is 57.4 cm³/mol. The van der Waals surface area contributed by atoms with Gasteiger partial charge in [0.2, 0.25) is 0 Å². The molecule has 84 valence electrons. The molecule has 0 aromatic carbocycles. The summed E-state index contributed by atoms with van der Waals surface area (Å²) < 4.78 is 15.8. The lowest BCUT2D eigenvalue weighted by atomic mass is 9.91. The van der Waals surface area contributed by atoms with Crippen LogP contribution in [-0.2, 0) is 13.5 Å². The Morgan fingerprint density at radius 1 is 1.60 bits per heavy atom. The van der Waals surface area contributed by atoms with Crippen molar-refractivity contribution in [2.24, 2.45) is 13.0 Å². The zero-order chi connectivity index (χ0) is 10.7. The van der Waals surface area contributed by atoms with Crippen LogP contribution in [0.3, 0.4) is 0 Å². The number of piperidine rings is 1. The van der Waals surface area contributed by atoms with Crippen molar-refractivity contribution in [3.05, 3.63) is 18.2 Å². The van der Waals surface area contributed by atoms with E-state index in [1.165, 1.54) is 0 Å². The van der Waals surface area contributed by atoms with E-state index in [1.807, 2.05) is 17.8 Å². The first kappa shape index (κ1) is 10.6. The summed E-state index contributed by atoms with van der Waals surface area (Å²) in [6.45, 7) is 1.90. The monoisotopic (exact) mass is 211 g/mol. The summed E-state index contributed by atoms with van der Waals surface area (Å²) in [6, 6.07) is 0. The Labute approximate surface area is 89.7 Å². The van der Waals surface area contributed by atoms with Crippen molar-refractivity contribution in [2.75, 3.05) is 13.1 Å². The highest BCUT2D eigenvalue weighted by molar-refractivity contribution is 4.94. The van der Waals surface area contributed by atoms with Crippen LogP contribution in [0, 0.1) is 5.92 Å². The minimum absolute atomic E-state index is 0.211. The van der Waals surface area contributed by atoms with Crippen LogP contribution in [0.1, 0.15) is 18.7 Å². The van der Waals surface area contributed by atoms with E-state index in [9.17, 15) is 4.39 Å². The minimum atomic E-state index is -0.742. The number of nitrogens with one attached hydrogen (secondary N) is 1. The van der Waals surface area contributed by atoms with Crippen LogP contribution in [0.25, 0.3) is 0 Å². The number of aromatic nitrogens is 2. The van der Waals surface area contributed by atoms with Crippen LogP contribution in [0.2, 0.25) is 0 Å². The third kappa shape index (κ3) is 2.56. The van der Waals surface area contributed by atoms with E-state index in [1.54, 1.807) is 6.20 Å². The Balaban J connectivity index is 1.91. The molecule has 1 aliphatic rings. The molecule has 1 atom stereocenters. The maximum Gasteiger partial charge on any atom is 0.111 e. The van der Waals surface area contributed by atoms with Crippen molar-refractivity contribution in [3.8, 4) is 0 Å². The van der Waals surface area contributed by atoms with Gasteiger partial charge in [0, 0.05) is 25.9 Å². The molecule has 0 spiro atoms. The Bertz CT molecular complexity index is 305. The van der Waals surface area contributed by atoms with Crippen LogP contribution < -0.4 is 5.32 Å². The first-order valence-electron chi connectivity index (χ1n) is 5.58.